The number of halogens is 1. The van der Waals surface area contributed by atoms with Crippen LogP contribution in [0.1, 0.15) is 45.3 Å². The molecule has 2 aromatic rings. The molecule has 0 radical (unpaired) electrons. The molecule has 4 N–H and O–H groups in total. The Morgan fingerprint density at radius 2 is 2.06 bits per heavy atom. The molecule has 2 aromatic heterocycles. The van der Waals surface area contributed by atoms with Crippen molar-refractivity contribution >= 4 is 45.9 Å². The van der Waals surface area contributed by atoms with Gasteiger partial charge in [-0.15, -0.1) is 0 Å². The highest BCUT2D eigenvalue weighted by atomic mass is 35.5. The van der Waals surface area contributed by atoms with E-state index < -0.39 is 47.5 Å². The van der Waals surface area contributed by atoms with Gasteiger partial charge in [-0.2, -0.15) is 15.1 Å². The molecule has 0 bridgehead atoms. The number of hydrogen-bond acceptors (Lipinski definition) is 10. The van der Waals surface area contributed by atoms with Crippen LogP contribution in [0.15, 0.2) is 6.20 Å². The molecule has 2 fully saturated rings. The second-order valence-electron chi connectivity index (χ2n) is 8.82. The van der Waals surface area contributed by atoms with Gasteiger partial charge < -0.3 is 29.7 Å². The van der Waals surface area contributed by atoms with Crippen LogP contribution in [0, 0.1) is 0 Å². The highest BCUT2D eigenvalue weighted by molar-refractivity contribution is 7.91. The molecule has 4 atom stereocenters. The van der Waals surface area contributed by atoms with Crippen molar-refractivity contribution in [2.45, 2.75) is 69.4 Å². The predicted octanol–water partition coefficient (Wildman–Crippen LogP) is 1.44. The predicted molar refractivity (Wildman–Crippen MR) is 127 cm³/mol. The van der Waals surface area contributed by atoms with Crippen molar-refractivity contribution < 1.29 is 37.3 Å². The first-order valence-electron chi connectivity index (χ1n) is 11.3. The summed E-state index contributed by atoms with van der Waals surface area (Å²) in [5.41, 5.74) is 0.359. The number of ether oxygens (including phenoxy) is 2. The van der Waals surface area contributed by atoms with Crippen LogP contribution in [0.25, 0.3) is 11.0 Å². The summed E-state index contributed by atoms with van der Waals surface area (Å²) in [4.78, 5) is 27.6. The zero-order valence-electron chi connectivity index (χ0n) is 19.0. The second kappa shape index (κ2) is 10.5. The van der Waals surface area contributed by atoms with E-state index in [1.807, 2.05) is 0 Å². The molecule has 16 heteroatoms. The Balaban J connectivity index is 1.48. The van der Waals surface area contributed by atoms with E-state index >= 15 is 0 Å². The summed E-state index contributed by atoms with van der Waals surface area (Å²) in [6.45, 7) is 1.05. The Bertz CT molecular complexity index is 1200. The second-order valence-corrected chi connectivity index (χ2v) is 13.3. The van der Waals surface area contributed by atoms with Crippen molar-refractivity contribution in [1.82, 2.24) is 19.7 Å². The van der Waals surface area contributed by atoms with Gasteiger partial charge in [0, 0.05) is 18.2 Å². The molecular formula is C19H29ClN5O8PS. The standard InChI is InChI=1S/C19H29ClN5O8PS/c1-2-35(30,31)10-15(34(27,28)29)32-9-12-7-14(26)18(33-12)25-17-13(8-21-25)16(23-19(20)24-17)22-11-5-3-4-6-11/h8,11-12,14-15,18,26H,2-7,9-10H2,1H3,(H,22,23,24)(H2,27,28,29)/t12-,14+,15?,18+/m0/s1. The molecule has 1 saturated carbocycles. The maximum absolute atomic E-state index is 11.9. The Kier molecular flexibility index (Phi) is 8.04. The molecule has 1 aliphatic carbocycles. The lowest BCUT2D eigenvalue weighted by Crippen LogP contribution is -2.29. The zero-order valence-corrected chi connectivity index (χ0v) is 21.5. The van der Waals surface area contributed by atoms with Crippen molar-refractivity contribution in [3.05, 3.63) is 11.5 Å². The van der Waals surface area contributed by atoms with E-state index in [2.05, 4.69) is 20.4 Å². The first kappa shape index (κ1) is 26.7. The molecule has 2 aliphatic rings. The lowest BCUT2D eigenvalue weighted by Gasteiger charge is -2.21. The lowest BCUT2D eigenvalue weighted by atomic mass is 10.2. The summed E-state index contributed by atoms with van der Waals surface area (Å²) >= 11 is 6.15. The van der Waals surface area contributed by atoms with Gasteiger partial charge in [-0.25, -0.2) is 13.1 Å². The van der Waals surface area contributed by atoms with Gasteiger partial charge in [0.15, 0.2) is 27.6 Å². The minimum Gasteiger partial charge on any atom is -0.388 e. The fourth-order valence-corrected chi connectivity index (χ4v) is 6.98. The van der Waals surface area contributed by atoms with E-state index in [1.54, 1.807) is 6.20 Å². The van der Waals surface area contributed by atoms with Gasteiger partial charge in [-0.3, -0.25) is 4.57 Å². The van der Waals surface area contributed by atoms with E-state index in [0.29, 0.717) is 16.9 Å². The SMILES string of the molecule is CCS(=O)(=O)CC(OC[C@@H]1C[C@@H](O)[C@H](n2ncc3c(NC4CCCC4)nc(Cl)nc32)O1)P(=O)(O)O. The van der Waals surface area contributed by atoms with Gasteiger partial charge in [0.1, 0.15) is 11.9 Å². The van der Waals surface area contributed by atoms with Crippen LogP contribution >= 0.6 is 19.2 Å². The molecule has 3 heterocycles. The molecule has 1 aliphatic heterocycles. The Labute approximate surface area is 207 Å². The van der Waals surface area contributed by atoms with Crippen LogP contribution in [-0.2, 0) is 23.9 Å². The fraction of sp³-hybridized carbons (Fsp3) is 0.737. The minimum absolute atomic E-state index is 0.00809. The fourth-order valence-electron chi connectivity index (χ4n) is 4.31. The highest BCUT2D eigenvalue weighted by Crippen LogP contribution is 2.43. The largest absolute Gasteiger partial charge is 0.388 e. The molecule has 196 valence electrons. The van der Waals surface area contributed by atoms with Gasteiger partial charge in [-0.05, 0) is 24.4 Å². The summed E-state index contributed by atoms with van der Waals surface area (Å²) in [6, 6.07) is 0.279. The molecule has 1 saturated heterocycles. The normalized spacial score (nSPS) is 24.9. The number of fused-ring (bicyclic) bond motifs is 1. The average molecular weight is 554 g/mol. The van der Waals surface area contributed by atoms with Gasteiger partial charge in [-0.1, -0.05) is 19.8 Å². The van der Waals surface area contributed by atoms with E-state index in [0.717, 1.165) is 25.7 Å². The number of nitrogens with zero attached hydrogens (tertiary/aromatic N) is 4. The Morgan fingerprint density at radius 3 is 2.71 bits per heavy atom. The molecule has 35 heavy (non-hydrogen) atoms. The smallest absolute Gasteiger partial charge is 0.355 e. The number of aromatic nitrogens is 4. The molecule has 0 amide bonds. The first-order chi connectivity index (χ1) is 16.5. The number of sulfone groups is 1. The van der Waals surface area contributed by atoms with Crippen LogP contribution in [0.5, 0.6) is 0 Å². The topological polar surface area (TPSA) is 186 Å². The number of anilines is 1. The number of hydrogen-bond donors (Lipinski definition) is 4. The first-order valence-corrected chi connectivity index (χ1v) is 15.2. The quantitative estimate of drug-likeness (QED) is 0.245. The summed E-state index contributed by atoms with van der Waals surface area (Å²) in [7, 11) is -8.55. The van der Waals surface area contributed by atoms with E-state index in [4.69, 9.17) is 21.1 Å². The van der Waals surface area contributed by atoms with E-state index in [-0.39, 0.29) is 30.1 Å². The van der Waals surface area contributed by atoms with Crippen LogP contribution in [0.2, 0.25) is 5.28 Å². The van der Waals surface area contributed by atoms with Crippen molar-refractivity contribution in [3.8, 4) is 0 Å². The monoisotopic (exact) mass is 553 g/mol. The number of rotatable bonds is 10. The van der Waals surface area contributed by atoms with Gasteiger partial charge >= 0.3 is 7.60 Å². The average Bonchev–Trinajstić information content (AvgIpc) is 3.50. The molecule has 4 rings (SSSR count). The lowest BCUT2D eigenvalue weighted by molar-refractivity contribution is -0.0688. The third-order valence-electron chi connectivity index (χ3n) is 6.21. The molecule has 0 spiro atoms. The number of aliphatic hydroxyl groups is 1. The highest BCUT2D eigenvalue weighted by Gasteiger charge is 2.40. The van der Waals surface area contributed by atoms with Crippen LogP contribution in [0.3, 0.4) is 0 Å². The molecule has 0 aromatic carbocycles. The molecule has 1 unspecified atom stereocenters. The Morgan fingerprint density at radius 1 is 1.34 bits per heavy atom. The van der Waals surface area contributed by atoms with E-state index in [9.17, 15) is 27.9 Å². The van der Waals surface area contributed by atoms with Gasteiger partial charge in [0.05, 0.1) is 30.0 Å². The van der Waals surface area contributed by atoms with Crippen molar-refractivity contribution in [2.75, 3.05) is 23.4 Å². The third kappa shape index (κ3) is 6.31. The van der Waals surface area contributed by atoms with Crippen molar-refractivity contribution in [3.63, 3.8) is 0 Å². The van der Waals surface area contributed by atoms with Crippen LogP contribution < -0.4 is 5.32 Å². The third-order valence-corrected chi connectivity index (χ3v) is 9.40. The molecular weight excluding hydrogens is 525 g/mol. The van der Waals surface area contributed by atoms with E-state index in [1.165, 1.54) is 11.6 Å². The van der Waals surface area contributed by atoms with Crippen molar-refractivity contribution in [2.24, 2.45) is 0 Å². The summed E-state index contributed by atoms with van der Waals surface area (Å²) < 4.78 is 48.0. The molecule has 13 nitrogen and oxygen atoms in total. The summed E-state index contributed by atoms with van der Waals surface area (Å²) in [5.74, 6) is -2.37. The van der Waals surface area contributed by atoms with Gasteiger partial charge in [0.2, 0.25) is 5.28 Å². The summed E-state index contributed by atoms with van der Waals surface area (Å²) in [6.07, 6.45) is 3.21. The zero-order chi connectivity index (χ0) is 25.4. The van der Waals surface area contributed by atoms with Crippen molar-refractivity contribution in [1.29, 1.82) is 0 Å². The maximum Gasteiger partial charge on any atom is 0.355 e. The number of nitrogens with one attached hydrogen (secondary N) is 1. The number of aliphatic hydroxyl groups excluding tert-OH is 1. The maximum atomic E-state index is 11.9. The van der Waals surface area contributed by atoms with Gasteiger partial charge in [0.25, 0.3) is 0 Å². The summed E-state index contributed by atoms with van der Waals surface area (Å²) in [5, 5.41) is 18.9. The van der Waals surface area contributed by atoms with Crippen LogP contribution in [0.4, 0.5) is 5.82 Å². The Hall–Kier alpha value is -1.38. The minimum atomic E-state index is -4.85. The van der Waals surface area contributed by atoms with Crippen LogP contribution in [-0.4, -0.2) is 85.3 Å².